The van der Waals surface area contributed by atoms with Crippen LogP contribution in [0.25, 0.3) is 0 Å². The Morgan fingerprint density at radius 3 is 2.59 bits per heavy atom. The fourth-order valence-electron chi connectivity index (χ4n) is 1.25. The molecule has 0 aliphatic carbocycles. The van der Waals surface area contributed by atoms with E-state index in [4.69, 9.17) is 16.3 Å². The van der Waals surface area contributed by atoms with Crippen LogP contribution >= 0.6 is 11.6 Å². The van der Waals surface area contributed by atoms with E-state index in [0.717, 1.165) is 0 Å². The normalized spacial score (nSPS) is 14.5. The molecule has 0 spiro atoms. The molecule has 0 atom stereocenters. The van der Waals surface area contributed by atoms with Crippen LogP contribution in [0.1, 0.15) is 0 Å². The molecule has 1 fully saturated rings. The molecular formula is C12H15ClN2O2. The molecule has 5 heteroatoms. The zero-order valence-electron chi connectivity index (χ0n) is 9.51. The van der Waals surface area contributed by atoms with Crippen LogP contribution < -0.4 is 0 Å². The predicted octanol–water partition coefficient (Wildman–Crippen LogP) is 1.77. The van der Waals surface area contributed by atoms with Crippen molar-refractivity contribution in [3.05, 3.63) is 42.2 Å². The Balaban J connectivity index is 0.000000181. The number of morpholine rings is 1. The third-order valence-electron chi connectivity index (χ3n) is 2.13. The van der Waals surface area contributed by atoms with Crippen molar-refractivity contribution in [3.63, 3.8) is 0 Å². The van der Waals surface area contributed by atoms with Crippen LogP contribution in [-0.4, -0.2) is 42.1 Å². The third kappa shape index (κ3) is 5.47. The van der Waals surface area contributed by atoms with E-state index in [2.05, 4.69) is 11.6 Å². The minimum absolute atomic E-state index is 0.00306. The van der Waals surface area contributed by atoms with Crippen molar-refractivity contribution in [1.82, 2.24) is 9.88 Å². The molecule has 0 saturated carbocycles. The van der Waals surface area contributed by atoms with Gasteiger partial charge in [-0.05, 0) is 18.2 Å². The fraction of sp³-hybridized carbons (Fsp3) is 0.333. The number of hydrogen-bond donors (Lipinski definition) is 0. The van der Waals surface area contributed by atoms with Gasteiger partial charge >= 0.3 is 0 Å². The zero-order valence-corrected chi connectivity index (χ0v) is 10.3. The first-order chi connectivity index (χ1) is 8.24. The minimum atomic E-state index is 0.00306. The van der Waals surface area contributed by atoms with Gasteiger partial charge in [0, 0.05) is 19.3 Å². The molecule has 1 saturated heterocycles. The highest BCUT2D eigenvalue weighted by Crippen LogP contribution is 1.98. The summed E-state index contributed by atoms with van der Waals surface area (Å²) in [5.74, 6) is 0.00306. The number of rotatable bonds is 1. The van der Waals surface area contributed by atoms with Gasteiger partial charge in [0.15, 0.2) is 0 Å². The Morgan fingerprint density at radius 1 is 1.47 bits per heavy atom. The molecule has 2 rings (SSSR count). The maximum Gasteiger partial charge on any atom is 0.246 e. The molecule has 0 N–H and O–H groups in total. The number of pyridine rings is 1. The summed E-state index contributed by atoms with van der Waals surface area (Å²) in [6.07, 6.45) is 2.99. The maximum atomic E-state index is 10.9. The second-order valence-electron chi connectivity index (χ2n) is 3.29. The first-order valence-electron chi connectivity index (χ1n) is 5.29. The van der Waals surface area contributed by atoms with Crippen LogP contribution in [0.15, 0.2) is 37.1 Å². The molecule has 92 valence electrons. The molecule has 0 aromatic carbocycles. The van der Waals surface area contributed by atoms with Crippen LogP contribution in [0.2, 0.25) is 5.15 Å². The van der Waals surface area contributed by atoms with Gasteiger partial charge in [0.25, 0.3) is 0 Å². The van der Waals surface area contributed by atoms with Gasteiger partial charge in [0.1, 0.15) is 5.15 Å². The molecule has 2 heterocycles. The lowest BCUT2D eigenvalue weighted by atomic mass is 10.4. The average molecular weight is 255 g/mol. The topological polar surface area (TPSA) is 42.4 Å². The summed E-state index contributed by atoms with van der Waals surface area (Å²) >= 11 is 5.43. The van der Waals surface area contributed by atoms with E-state index in [9.17, 15) is 4.79 Å². The van der Waals surface area contributed by atoms with Crippen molar-refractivity contribution in [3.8, 4) is 0 Å². The number of nitrogens with zero attached hydrogens (tertiary/aromatic N) is 2. The Morgan fingerprint density at radius 2 is 2.18 bits per heavy atom. The third-order valence-corrected chi connectivity index (χ3v) is 2.35. The molecule has 1 aliphatic rings. The number of carbonyl (C=O) groups is 1. The van der Waals surface area contributed by atoms with E-state index in [0.29, 0.717) is 31.5 Å². The molecule has 0 unspecified atom stereocenters. The number of aromatic nitrogens is 1. The van der Waals surface area contributed by atoms with Crippen LogP contribution in [0.3, 0.4) is 0 Å². The number of amides is 1. The standard InChI is InChI=1S/C7H11NO2.C5H4ClN/c1-2-7(9)8-3-5-10-6-4-8;6-5-3-1-2-4-7-5/h2H,1,3-6H2;1-4H. The molecule has 1 amide bonds. The number of hydrogen-bond acceptors (Lipinski definition) is 3. The second-order valence-corrected chi connectivity index (χ2v) is 3.68. The molecular weight excluding hydrogens is 240 g/mol. The van der Waals surface area contributed by atoms with Crippen LogP contribution in [0.4, 0.5) is 0 Å². The summed E-state index contributed by atoms with van der Waals surface area (Å²) in [5.41, 5.74) is 0. The molecule has 1 aliphatic heterocycles. The second kappa shape index (κ2) is 7.81. The van der Waals surface area contributed by atoms with Gasteiger partial charge in [-0.25, -0.2) is 4.98 Å². The summed E-state index contributed by atoms with van der Waals surface area (Å²) in [6, 6.07) is 5.41. The lowest BCUT2D eigenvalue weighted by Gasteiger charge is -2.25. The van der Waals surface area contributed by atoms with Gasteiger partial charge in [-0.1, -0.05) is 24.2 Å². The van der Waals surface area contributed by atoms with Crippen molar-refractivity contribution in [2.45, 2.75) is 0 Å². The van der Waals surface area contributed by atoms with Crippen molar-refractivity contribution < 1.29 is 9.53 Å². The maximum absolute atomic E-state index is 10.9. The lowest BCUT2D eigenvalue weighted by molar-refractivity contribution is -0.129. The first kappa shape index (κ1) is 13.7. The molecule has 0 radical (unpaired) electrons. The summed E-state index contributed by atoms with van der Waals surface area (Å²) in [4.78, 5) is 16.4. The average Bonchev–Trinajstić information content (AvgIpc) is 2.40. The largest absolute Gasteiger partial charge is 0.378 e. The minimum Gasteiger partial charge on any atom is -0.378 e. The zero-order chi connectivity index (χ0) is 12.5. The van der Waals surface area contributed by atoms with Gasteiger partial charge < -0.3 is 9.64 Å². The van der Waals surface area contributed by atoms with Gasteiger partial charge in [-0.15, -0.1) is 0 Å². The summed E-state index contributed by atoms with van der Waals surface area (Å²) in [6.45, 7) is 6.11. The highest BCUT2D eigenvalue weighted by atomic mass is 35.5. The highest BCUT2D eigenvalue weighted by Gasteiger charge is 2.12. The Labute approximate surface area is 106 Å². The van der Waals surface area contributed by atoms with Gasteiger partial charge in [0.05, 0.1) is 13.2 Å². The van der Waals surface area contributed by atoms with Crippen molar-refractivity contribution in [2.75, 3.05) is 26.3 Å². The van der Waals surface area contributed by atoms with E-state index < -0.39 is 0 Å². The summed E-state index contributed by atoms with van der Waals surface area (Å²) < 4.78 is 5.07. The first-order valence-corrected chi connectivity index (χ1v) is 5.67. The van der Waals surface area contributed by atoms with E-state index in [1.807, 2.05) is 12.1 Å². The smallest absolute Gasteiger partial charge is 0.246 e. The molecule has 0 bridgehead atoms. The Kier molecular flexibility index (Phi) is 6.29. The molecule has 1 aromatic heterocycles. The van der Waals surface area contributed by atoms with Crippen LogP contribution in [0.5, 0.6) is 0 Å². The van der Waals surface area contributed by atoms with Crippen molar-refractivity contribution in [2.24, 2.45) is 0 Å². The van der Waals surface area contributed by atoms with E-state index in [1.54, 1.807) is 17.2 Å². The van der Waals surface area contributed by atoms with E-state index >= 15 is 0 Å². The Bertz CT molecular complexity index is 351. The Hall–Kier alpha value is -1.39. The molecule has 17 heavy (non-hydrogen) atoms. The van der Waals surface area contributed by atoms with Crippen LogP contribution in [-0.2, 0) is 9.53 Å². The monoisotopic (exact) mass is 254 g/mol. The number of halogens is 1. The molecule has 4 nitrogen and oxygen atoms in total. The number of ether oxygens (including phenoxy) is 1. The van der Waals surface area contributed by atoms with E-state index in [-0.39, 0.29) is 5.91 Å². The van der Waals surface area contributed by atoms with E-state index in [1.165, 1.54) is 6.08 Å². The van der Waals surface area contributed by atoms with Crippen molar-refractivity contribution >= 4 is 17.5 Å². The summed E-state index contributed by atoms with van der Waals surface area (Å²) in [7, 11) is 0. The van der Waals surface area contributed by atoms with Crippen molar-refractivity contribution in [1.29, 1.82) is 0 Å². The SMILES string of the molecule is C=CC(=O)N1CCOCC1.Clc1ccccn1. The number of carbonyl (C=O) groups excluding carboxylic acids is 1. The quantitative estimate of drug-likeness (QED) is 0.567. The van der Waals surface area contributed by atoms with Gasteiger partial charge in [-0.2, -0.15) is 0 Å². The van der Waals surface area contributed by atoms with Gasteiger partial charge in [-0.3, -0.25) is 4.79 Å². The van der Waals surface area contributed by atoms with Gasteiger partial charge in [0.2, 0.25) is 5.91 Å². The fourth-order valence-corrected chi connectivity index (χ4v) is 1.38. The van der Waals surface area contributed by atoms with Crippen LogP contribution in [0, 0.1) is 0 Å². The lowest BCUT2D eigenvalue weighted by Crippen LogP contribution is -2.39. The summed E-state index contributed by atoms with van der Waals surface area (Å²) in [5, 5.41) is 0.544. The predicted molar refractivity (Wildman–Crippen MR) is 66.8 cm³/mol. The highest BCUT2D eigenvalue weighted by molar-refractivity contribution is 6.29. The molecule has 1 aromatic rings.